The number of hydrogen-bond donors (Lipinski definition) is 1. The number of rotatable bonds is 12. The fourth-order valence-corrected chi connectivity index (χ4v) is 3.96. The molecule has 1 rings (SSSR count). The molecule has 1 atom stereocenters. The molecule has 39 heavy (non-hydrogen) atoms. The Morgan fingerprint density at radius 2 is 1.36 bits per heavy atom. The highest BCUT2D eigenvalue weighted by atomic mass is 16.5. The number of aliphatic carboxylic acids is 1. The second kappa shape index (κ2) is 16.3. The minimum Gasteiger partial charge on any atom is -0.481 e. The molecule has 210 valence electrons. The highest BCUT2D eigenvalue weighted by Gasteiger charge is 2.39. The number of hydrogen-bond acceptors (Lipinski definition) is 4. The van der Waals surface area contributed by atoms with Crippen LogP contribution in [0, 0.1) is 5.41 Å². The summed E-state index contributed by atoms with van der Waals surface area (Å²) in [6, 6.07) is 0. The maximum absolute atomic E-state index is 12.9. The Morgan fingerprint density at radius 1 is 0.846 bits per heavy atom. The maximum atomic E-state index is 12.9. The lowest BCUT2D eigenvalue weighted by molar-refractivity contribution is -0.157. The summed E-state index contributed by atoms with van der Waals surface area (Å²) < 4.78 is 5.33. The Morgan fingerprint density at radius 3 is 1.90 bits per heavy atom. The summed E-state index contributed by atoms with van der Waals surface area (Å²) in [4.78, 5) is 35.5. The minimum atomic E-state index is -1.07. The molecule has 5 heteroatoms. The van der Waals surface area contributed by atoms with Gasteiger partial charge in [0.2, 0.25) is 0 Å². The number of ether oxygens (including phenoxy) is 1. The van der Waals surface area contributed by atoms with Crippen molar-refractivity contribution in [3.63, 3.8) is 0 Å². The van der Waals surface area contributed by atoms with Crippen LogP contribution in [0.5, 0.6) is 0 Å². The topological polar surface area (TPSA) is 80.7 Å². The smallest absolute Gasteiger partial charge is 0.307 e. The first-order valence-corrected chi connectivity index (χ1v) is 13.3. The second-order valence-electron chi connectivity index (χ2n) is 10.8. The first-order valence-electron chi connectivity index (χ1n) is 13.3. The van der Waals surface area contributed by atoms with E-state index in [2.05, 4.69) is 39.0 Å². The van der Waals surface area contributed by atoms with E-state index in [0.717, 1.165) is 16.7 Å². The van der Waals surface area contributed by atoms with Crippen molar-refractivity contribution in [2.45, 2.75) is 80.8 Å². The highest BCUT2D eigenvalue weighted by Crippen LogP contribution is 2.40. The van der Waals surface area contributed by atoms with Gasteiger partial charge in [-0.3, -0.25) is 14.4 Å². The van der Waals surface area contributed by atoms with Crippen LogP contribution in [0.4, 0.5) is 0 Å². The normalized spacial score (nSPS) is 19.1. The molecule has 0 aromatic rings. The van der Waals surface area contributed by atoms with E-state index in [4.69, 9.17) is 9.84 Å². The highest BCUT2D eigenvalue weighted by molar-refractivity contribution is 6.01. The first kappa shape index (κ1) is 33.3. The number of esters is 1. The van der Waals surface area contributed by atoms with Crippen molar-refractivity contribution < 1.29 is 24.2 Å². The molecule has 1 aliphatic rings. The molecule has 5 nitrogen and oxygen atoms in total. The molecule has 0 aromatic carbocycles. The number of carboxylic acids is 1. The van der Waals surface area contributed by atoms with E-state index >= 15 is 0 Å². The van der Waals surface area contributed by atoms with Crippen molar-refractivity contribution in [1.82, 2.24) is 0 Å². The lowest BCUT2D eigenvalue weighted by Crippen LogP contribution is -2.39. The standard InChI is InChI=1S/C34H44O5/c1-24(2)13-11-16-25(3)14-9-10-15-26(4)17-12-18-27(5)19-20-29-28(6)33(38)30(23-34(29,7)8)39-32(37)22-21-31(35)36/h9-20,30H,21-23H2,1-8H3,(H,35,36)/b10-9+,16-11+,17-12+,20-19+,25-14+,26-15+,27-18+. The molecule has 0 radical (unpaired) electrons. The van der Waals surface area contributed by atoms with Gasteiger partial charge < -0.3 is 9.84 Å². The van der Waals surface area contributed by atoms with E-state index in [-0.39, 0.29) is 24.0 Å². The van der Waals surface area contributed by atoms with Crippen LogP contribution >= 0.6 is 0 Å². The molecule has 0 amide bonds. The fraction of sp³-hybridized carbons (Fsp3) is 0.382. The summed E-state index contributed by atoms with van der Waals surface area (Å²) in [7, 11) is 0. The zero-order chi connectivity index (χ0) is 29.6. The van der Waals surface area contributed by atoms with E-state index in [1.165, 1.54) is 11.1 Å². The van der Waals surface area contributed by atoms with Crippen molar-refractivity contribution in [2.24, 2.45) is 5.41 Å². The van der Waals surface area contributed by atoms with E-state index in [0.29, 0.717) is 12.0 Å². The molecule has 0 heterocycles. The number of carbonyl (C=O) groups excluding carboxylic acids is 2. The van der Waals surface area contributed by atoms with Gasteiger partial charge in [0.1, 0.15) is 0 Å². The number of carboxylic acid groups (broad SMARTS) is 1. The average Bonchev–Trinajstić information content (AvgIpc) is 2.83. The van der Waals surface area contributed by atoms with Crippen LogP contribution in [0.1, 0.15) is 74.7 Å². The van der Waals surface area contributed by atoms with Gasteiger partial charge in [0.15, 0.2) is 11.9 Å². The minimum absolute atomic E-state index is 0.234. The van der Waals surface area contributed by atoms with Gasteiger partial charge in [-0.15, -0.1) is 0 Å². The van der Waals surface area contributed by atoms with Crippen LogP contribution in [0.25, 0.3) is 0 Å². The third-order valence-corrected chi connectivity index (χ3v) is 6.16. The zero-order valence-electron chi connectivity index (χ0n) is 24.7. The molecule has 1 N–H and O–H groups in total. The lowest BCUT2D eigenvalue weighted by Gasteiger charge is -2.36. The molecule has 1 unspecified atom stereocenters. The SMILES string of the molecule is CC(C)=C/C=C/C(C)=C/C=C/C=C(C)/C=C/C=C(C)/C=C/C1=C(C)C(=O)C(OC(=O)CCC(=O)O)CC1(C)C. The third kappa shape index (κ3) is 13.1. The summed E-state index contributed by atoms with van der Waals surface area (Å²) in [6.45, 7) is 16.0. The zero-order valence-corrected chi connectivity index (χ0v) is 24.7. The summed E-state index contributed by atoms with van der Waals surface area (Å²) in [5, 5.41) is 8.75. The fourth-order valence-electron chi connectivity index (χ4n) is 3.96. The first-order chi connectivity index (χ1) is 18.2. The summed E-state index contributed by atoms with van der Waals surface area (Å²) in [5.74, 6) is -1.97. The summed E-state index contributed by atoms with van der Waals surface area (Å²) in [6.07, 6.45) is 23.2. The average molecular weight is 533 g/mol. The molecular formula is C34H44O5. The van der Waals surface area contributed by atoms with Crippen molar-refractivity contribution in [3.8, 4) is 0 Å². The molecular weight excluding hydrogens is 488 g/mol. The predicted molar refractivity (Wildman–Crippen MR) is 160 cm³/mol. The Kier molecular flexibility index (Phi) is 13.9. The quantitative estimate of drug-likeness (QED) is 0.203. The van der Waals surface area contributed by atoms with Gasteiger partial charge in [-0.2, -0.15) is 0 Å². The maximum Gasteiger partial charge on any atom is 0.307 e. The van der Waals surface area contributed by atoms with E-state index in [9.17, 15) is 14.4 Å². The van der Waals surface area contributed by atoms with Crippen molar-refractivity contribution in [3.05, 3.63) is 106 Å². The van der Waals surface area contributed by atoms with Gasteiger partial charge >= 0.3 is 11.9 Å². The molecule has 0 saturated heterocycles. The van der Waals surface area contributed by atoms with Gasteiger partial charge in [0.05, 0.1) is 12.8 Å². The Bertz CT molecular complexity index is 1190. The van der Waals surface area contributed by atoms with Crippen LogP contribution in [0.15, 0.2) is 106 Å². The van der Waals surface area contributed by atoms with Gasteiger partial charge in [-0.25, -0.2) is 0 Å². The van der Waals surface area contributed by atoms with Gasteiger partial charge in [-0.05, 0) is 58.1 Å². The van der Waals surface area contributed by atoms with Gasteiger partial charge in [-0.1, -0.05) is 109 Å². The van der Waals surface area contributed by atoms with Gasteiger partial charge in [0, 0.05) is 6.42 Å². The molecule has 0 fully saturated rings. The summed E-state index contributed by atoms with van der Waals surface area (Å²) >= 11 is 0. The van der Waals surface area contributed by atoms with Crippen LogP contribution in [0.3, 0.4) is 0 Å². The number of carbonyl (C=O) groups is 3. The largest absolute Gasteiger partial charge is 0.481 e. The van der Waals surface area contributed by atoms with E-state index < -0.39 is 18.0 Å². The van der Waals surface area contributed by atoms with E-state index in [1.807, 2.05) is 82.4 Å². The van der Waals surface area contributed by atoms with Crippen molar-refractivity contribution in [1.29, 1.82) is 0 Å². The number of ketones is 1. The van der Waals surface area contributed by atoms with E-state index in [1.54, 1.807) is 6.92 Å². The van der Waals surface area contributed by atoms with Crippen LogP contribution in [-0.4, -0.2) is 28.9 Å². The molecule has 0 aromatic heterocycles. The van der Waals surface area contributed by atoms with Crippen LogP contribution in [-0.2, 0) is 19.1 Å². The van der Waals surface area contributed by atoms with Crippen molar-refractivity contribution >= 4 is 17.7 Å². The number of Topliss-reactive ketones (excluding diaryl/α,β-unsaturated/α-hetero) is 1. The Labute approximate surface area is 234 Å². The molecule has 0 aliphatic heterocycles. The molecule has 1 aliphatic carbocycles. The molecule has 0 spiro atoms. The van der Waals surface area contributed by atoms with Crippen molar-refractivity contribution in [2.75, 3.05) is 0 Å². The second-order valence-corrected chi connectivity index (χ2v) is 10.8. The molecule has 0 saturated carbocycles. The Hall–Kier alpha value is -3.73. The Balaban J connectivity index is 2.83. The third-order valence-electron chi connectivity index (χ3n) is 6.16. The number of allylic oxidation sites excluding steroid dienone is 17. The lowest BCUT2D eigenvalue weighted by atomic mass is 9.71. The van der Waals surface area contributed by atoms with Crippen LogP contribution < -0.4 is 0 Å². The summed E-state index contributed by atoms with van der Waals surface area (Å²) in [5.41, 5.74) is 5.67. The van der Waals surface area contributed by atoms with Crippen LogP contribution in [0.2, 0.25) is 0 Å². The molecule has 0 bridgehead atoms. The van der Waals surface area contributed by atoms with Gasteiger partial charge in [0.25, 0.3) is 0 Å². The monoisotopic (exact) mass is 532 g/mol. The predicted octanol–water partition coefficient (Wildman–Crippen LogP) is 8.11.